The highest BCUT2D eigenvalue weighted by Crippen LogP contribution is 2.47. The van der Waals surface area contributed by atoms with Crippen LogP contribution in [0.5, 0.6) is 0 Å². The molecule has 3 fully saturated rings. The number of hydrogen-bond acceptors (Lipinski definition) is 5. The molecule has 1 aromatic rings. The minimum absolute atomic E-state index is 0.000854. The third-order valence-corrected chi connectivity index (χ3v) is 7.88. The number of ether oxygens (including phenoxy) is 1. The molecule has 0 radical (unpaired) electrons. The van der Waals surface area contributed by atoms with E-state index in [9.17, 15) is 14.4 Å². The summed E-state index contributed by atoms with van der Waals surface area (Å²) in [6.45, 7) is 1.72. The highest BCUT2D eigenvalue weighted by molar-refractivity contribution is 8.01. The van der Waals surface area contributed by atoms with Crippen molar-refractivity contribution in [2.45, 2.75) is 68.7 Å². The third-order valence-electron chi connectivity index (χ3n) is 6.37. The first-order valence-electron chi connectivity index (χ1n) is 10.2. The Morgan fingerprint density at radius 2 is 1.89 bits per heavy atom. The van der Waals surface area contributed by atoms with Crippen LogP contribution in [0.4, 0.5) is 0 Å². The highest BCUT2D eigenvalue weighted by atomic mass is 32.2. The molecule has 5 nitrogen and oxygen atoms in total. The molecule has 1 saturated carbocycles. The fourth-order valence-electron chi connectivity index (χ4n) is 4.69. The summed E-state index contributed by atoms with van der Waals surface area (Å²) in [7, 11) is 0. The minimum Gasteiger partial charge on any atom is -0.456 e. The molecule has 1 aliphatic carbocycles. The van der Waals surface area contributed by atoms with Gasteiger partial charge in [0.05, 0.1) is 4.87 Å². The van der Waals surface area contributed by atoms with Gasteiger partial charge >= 0.3 is 5.97 Å². The molecular weight excluding hydrogens is 374 g/mol. The number of carbonyl (C=O) groups excluding carboxylic acids is 3. The van der Waals surface area contributed by atoms with Crippen LogP contribution in [0.3, 0.4) is 0 Å². The van der Waals surface area contributed by atoms with Crippen LogP contribution in [0.25, 0.3) is 0 Å². The molecule has 0 unspecified atom stereocenters. The lowest BCUT2D eigenvalue weighted by Crippen LogP contribution is -2.46. The number of ketones is 1. The van der Waals surface area contributed by atoms with Gasteiger partial charge in [0, 0.05) is 17.7 Å². The number of hydrogen-bond donors (Lipinski definition) is 0. The van der Waals surface area contributed by atoms with Crippen LogP contribution in [0.15, 0.2) is 24.3 Å². The number of Topliss-reactive ketones (excluding diaryl/α,β-unsaturated/α-hetero) is 1. The average molecular weight is 402 g/mol. The summed E-state index contributed by atoms with van der Waals surface area (Å²) in [4.78, 5) is 38.4. The van der Waals surface area contributed by atoms with E-state index < -0.39 is 12.0 Å². The van der Waals surface area contributed by atoms with Gasteiger partial charge in [-0.1, -0.05) is 43.5 Å². The zero-order valence-corrected chi connectivity index (χ0v) is 17.1. The molecule has 28 heavy (non-hydrogen) atoms. The molecule has 150 valence electrons. The van der Waals surface area contributed by atoms with Crippen LogP contribution < -0.4 is 0 Å². The van der Waals surface area contributed by atoms with E-state index in [1.165, 1.54) is 37.7 Å². The molecule has 1 amide bonds. The predicted octanol–water partition coefficient (Wildman–Crippen LogP) is 3.91. The number of nitrogens with zero attached hydrogens (tertiary/aromatic N) is 1. The Hall–Kier alpha value is -1.82. The van der Waals surface area contributed by atoms with Gasteiger partial charge in [-0.15, -0.1) is 11.8 Å². The molecule has 2 aliphatic heterocycles. The summed E-state index contributed by atoms with van der Waals surface area (Å²) >= 11 is 1.62. The van der Waals surface area contributed by atoms with E-state index in [2.05, 4.69) is 0 Å². The summed E-state index contributed by atoms with van der Waals surface area (Å²) in [5, 5.41) is 0. The van der Waals surface area contributed by atoms with E-state index in [4.69, 9.17) is 4.74 Å². The van der Waals surface area contributed by atoms with E-state index in [1.54, 1.807) is 16.7 Å². The summed E-state index contributed by atoms with van der Waals surface area (Å²) in [5.74, 6) is 0.455. The number of rotatable bonds is 5. The molecule has 2 atom stereocenters. The molecule has 2 heterocycles. The first-order chi connectivity index (χ1) is 13.5. The van der Waals surface area contributed by atoms with Crippen LogP contribution in [-0.4, -0.2) is 45.8 Å². The van der Waals surface area contributed by atoms with Crippen molar-refractivity contribution in [3.63, 3.8) is 0 Å². The van der Waals surface area contributed by atoms with Crippen molar-refractivity contribution in [2.24, 2.45) is 0 Å². The zero-order valence-electron chi connectivity index (χ0n) is 16.3. The fraction of sp³-hybridized carbons (Fsp3) is 0.591. The Kier molecular flexibility index (Phi) is 5.50. The van der Waals surface area contributed by atoms with E-state index in [0.29, 0.717) is 23.7 Å². The molecule has 0 bridgehead atoms. The topological polar surface area (TPSA) is 63.7 Å². The maximum Gasteiger partial charge on any atom is 0.330 e. The van der Waals surface area contributed by atoms with Gasteiger partial charge in [0.1, 0.15) is 6.04 Å². The van der Waals surface area contributed by atoms with Gasteiger partial charge in [0.15, 0.2) is 12.4 Å². The van der Waals surface area contributed by atoms with E-state index in [-0.39, 0.29) is 23.2 Å². The number of fused-ring (bicyclic) bond motifs is 1. The van der Waals surface area contributed by atoms with Gasteiger partial charge < -0.3 is 9.64 Å². The summed E-state index contributed by atoms with van der Waals surface area (Å²) in [6.07, 6.45) is 7.54. The second kappa shape index (κ2) is 7.90. The van der Waals surface area contributed by atoms with Gasteiger partial charge in [-0.25, -0.2) is 4.79 Å². The van der Waals surface area contributed by atoms with Gasteiger partial charge in [0.25, 0.3) is 0 Å². The Bertz CT molecular complexity index is 771. The van der Waals surface area contributed by atoms with Crippen molar-refractivity contribution >= 4 is 29.4 Å². The number of amides is 1. The highest BCUT2D eigenvalue weighted by Gasteiger charge is 2.53. The van der Waals surface area contributed by atoms with Crippen molar-refractivity contribution in [1.82, 2.24) is 4.90 Å². The molecule has 2 saturated heterocycles. The smallest absolute Gasteiger partial charge is 0.330 e. The minimum atomic E-state index is -0.577. The van der Waals surface area contributed by atoms with Crippen LogP contribution in [-0.2, 0) is 14.3 Å². The Labute approximate surface area is 170 Å². The molecule has 1 aromatic carbocycles. The lowest BCUT2D eigenvalue weighted by molar-refractivity contribution is -0.152. The maximum absolute atomic E-state index is 12.5. The molecule has 0 spiro atoms. The molecule has 4 rings (SSSR count). The van der Waals surface area contributed by atoms with Crippen LogP contribution in [0.2, 0.25) is 0 Å². The Morgan fingerprint density at radius 3 is 2.61 bits per heavy atom. The van der Waals surface area contributed by atoms with Crippen LogP contribution in [0.1, 0.15) is 73.7 Å². The summed E-state index contributed by atoms with van der Waals surface area (Å²) in [6, 6.07) is 7.17. The first kappa shape index (κ1) is 19.5. The molecule has 6 heteroatoms. The van der Waals surface area contributed by atoms with E-state index in [0.717, 1.165) is 6.42 Å². The van der Waals surface area contributed by atoms with Crippen LogP contribution >= 0.6 is 11.8 Å². The SMILES string of the molecule is C[C@@]12CCC(=O)N1[C@@H](C(=O)OCC(=O)c1ccc(C3CCCCC3)cc1)CS2. The molecule has 0 N–H and O–H groups in total. The predicted molar refractivity (Wildman–Crippen MR) is 108 cm³/mol. The van der Waals surface area contributed by atoms with E-state index >= 15 is 0 Å². The number of benzene rings is 1. The van der Waals surface area contributed by atoms with Crippen LogP contribution in [0, 0.1) is 0 Å². The second-order valence-corrected chi connectivity index (χ2v) is 9.75. The van der Waals surface area contributed by atoms with Gasteiger partial charge in [-0.2, -0.15) is 0 Å². The number of esters is 1. The quantitative estimate of drug-likeness (QED) is 0.553. The summed E-state index contributed by atoms with van der Waals surface area (Å²) < 4.78 is 5.29. The van der Waals surface area contributed by atoms with E-state index in [1.807, 2.05) is 31.2 Å². The normalized spacial score (nSPS) is 27.7. The fourth-order valence-corrected chi connectivity index (χ4v) is 6.11. The van der Waals surface area contributed by atoms with Gasteiger partial charge in [0.2, 0.25) is 5.91 Å². The molecule has 3 aliphatic rings. The third kappa shape index (κ3) is 3.71. The van der Waals surface area contributed by atoms with Crippen molar-refractivity contribution < 1.29 is 19.1 Å². The maximum atomic E-state index is 12.5. The largest absolute Gasteiger partial charge is 0.456 e. The standard InChI is InChI=1S/C22H27NO4S/c1-22-12-11-20(25)23(22)18(14-28-22)21(26)27-13-19(24)17-9-7-16(8-10-17)15-5-3-2-4-6-15/h7-10,15,18H,2-6,11-14H2,1H3/t18-,22-/m1/s1. The molecular formula is C22H27NO4S. The van der Waals surface area contributed by atoms with Crippen molar-refractivity contribution in [1.29, 1.82) is 0 Å². The van der Waals surface area contributed by atoms with Gasteiger partial charge in [-0.05, 0) is 37.7 Å². The first-order valence-corrected chi connectivity index (χ1v) is 11.2. The lowest BCUT2D eigenvalue weighted by Gasteiger charge is -2.29. The Morgan fingerprint density at radius 1 is 1.18 bits per heavy atom. The van der Waals surface area contributed by atoms with Crippen molar-refractivity contribution in [3.8, 4) is 0 Å². The summed E-state index contributed by atoms with van der Waals surface area (Å²) in [5.41, 5.74) is 1.86. The molecule has 0 aromatic heterocycles. The van der Waals surface area contributed by atoms with Crippen molar-refractivity contribution in [2.75, 3.05) is 12.4 Å². The number of thioether (sulfide) groups is 1. The monoisotopic (exact) mass is 401 g/mol. The number of carbonyl (C=O) groups is 3. The Balaban J connectivity index is 1.33. The zero-order chi connectivity index (χ0) is 19.7. The van der Waals surface area contributed by atoms with Gasteiger partial charge in [-0.3, -0.25) is 9.59 Å². The second-order valence-electron chi connectivity index (χ2n) is 8.25. The van der Waals surface area contributed by atoms with Crippen molar-refractivity contribution in [3.05, 3.63) is 35.4 Å². The average Bonchev–Trinajstić information content (AvgIpc) is 3.22. The lowest BCUT2D eigenvalue weighted by atomic mass is 9.84.